The molecule has 1 aromatic carbocycles. The fraction of sp³-hybridized carbons (Fsp3) is 0.167. The standard InChI is InChI=1S/C12H11BrN2OS/c1-7-3-9(5-10(13)4-7)11(16)15-12-14-6-8(2)17-12/h3-6H,1-2H3,(H,14,15,16). The van der Waals surface area contributed by atoms with Gasteiger partial charge in [-0.05, 0) is 37.6 Å². The molecular formula is C12H11BrN2OS. The molecule has 0 atom stereocenters. The van der Waals surface area contributed by atoms with Crippen molar-refractivity contribution in [3.05, 3.63) is 44.9 Å². The van der Waals surface area contributed by atoms with E-state index in [0.29, 0.717) is 10.7 Å². The average Bonchev–Trinajstić information content (AvgIpc) is 2.62. The first-order valence-electron chi connectivity index (χ1n) is 5.05. The first-order chi connectivity index (χ1) is 8.04. The van der Waals surface area contributed by atoms with E-state index >= 15 is 0 Å². The Labute approximate surface area is 112 Å². The summed E-state index contributed by atoms with van der Waals surface area (Å²) < 4.78 is 0.901. The molecule has 3 nitrogen and oxygen atoms in total. The van der Waals surface area contributed by atoms with Gasteiger partial charge in [0.05, 0.1) is 0 Å². The van der Waals surface area contributed by atoms with Gasteiger partial charge >= 0.3 is 0 Å². The van der Waals surface area contributed by atoms with Crippen LogP contribution in [0.2, 0.25) is 0 Å². The SMILES string of the molecule is Cc1cc(Br)cc(C(=O)Nc2ncc(C)s2)c1. The minimum absolute atomic E-state index is 0.135. The lowest BCUT2D eigenvalue weighted by molar-refractivity contribution is 0.102. The minimum Gasteiger partial charge on any atom is -0.298 e. The van der Waals surface area contributed by atoms with Crippen LogP contribution in [-0.2, 0) is 0 Å². The number of halogens is 1. The van der Waals surface area contributed by atoms with E-state index in [-0.39, 0.29) is 5.91 Å². The molecule has 17 heavy (non-hydrogen) atoms. The summed E-state index contributed by atoms with van der Waals surface area (Å²) in [5.74, 6) is -0.135. The molecule has 0 fully saturated rings. The van der Waals surface area contributed by atoms with Gasteiger partial charge in [-0.2, -0.15) is 0 Å². The number of aryl methyl sites for hydroxylation is 2. The van der Waals surface area contributed by atoms with Crippen LogP contribution in [0, 0.1) is 13.8 Å². The molecule has 0 unspecified atom stereocenters. The number of benzene rings is 1. The van der Waals surface area contributed by atoms with Crippen LogP contribution < -0.4 is 5.32 Å². The molecule has 1 heterocycles. The third-order valence-electron chi connectivity index (χ3n) is 2.15. The summed E-state index contributed by atoms with van der Waals surface area (Å²) >= 11 is 4.84. The van der Waals surface area contributed by atoms with Crippen LogP contribution in [0.5, 0.6) is 0 Å². The highest BCUT2D eigenvalue weighted by Gasteiger charge is 2.09. The molecular weight excluding hydrogens is 300 g/mol. The molecule has 0 saturated heterocycles. The van der Waals surface area contributed by atoms with E-state index < -0.39 is 0 Å². The fourth-order valence-electron chi connectivity index (χ4n) is 1.45. The van der Waals surface area contributed by atoms with Gasteiger partial charge < -0.3 is 0 Å². The van der Waals surface area contributed by atoms with Crippen molar-refractivity contribution in [2.45, 2.75) is 13.8 Å². The zero-order chi connectivity index (χ0) is 12.4. The van der Waals surface area contributed by atoms with Gasteiger partial charge in [-0.3, -0.25) is 10.1 Å². The lowest BCUT2D eigenvalue weighted by Crippen LogP contribution is -2.11. The first-order valence-corrected chi connectivity index (χ1v) is 6.66. The van der Waals surface area contributed by atoms with Gasteiger partial charge in [0.1, 0.15) is 0 Å². The van der Waals surface area contributed by atoms with Gasteiger partial charge in [0, 0.05) is 21.1 Å². The average molecular weight is 311 g/mol. The highest BCUT2D eigenvalue weighted by molar-refractivity contribution is 9.10. The van der Waals surface area contributed by atoms with Crippen molar-refractivity contribution >= 4 is 38.3 Å². The summed E-state index contributed by atoms with van der Waals surface area (Å²) in [5.41, 5.74) is 1.67. The van der Waals surface area contributed by atoms with Crippen molar-refractivity contribution in [2.75, 3.05) is 5.32 Å². The maximum absolute atomic E-state index is 12.0. The van der Waals surface area contributed by atoms with E-state index in [9.17, 15) is 4.79 Å². The molecule has 0 radical (unpaired) electrons. The van der Waals surface area contributed by atoms with Crippen LogP contribution in [0.4, 0.5) is 5.13 Å². The zero-order valence-electron chi connectivity index (χ0n) is 9.45. The molecule has 2 aromatic rings. The van der Waals surface area contributed by atoms with Gasteiger partial charge in [-0.1, -0.05) is 15.9 Å². The second-order valence-electron chi connectivity index (χ2n) is 3.75. The molecule has 2 rings (SSSR count). The second-order valence-corrected chi connectivity index (χ2v) is 5.90. The van der Waals surface area contributed by atoms with Crippen LogP contribution in [0.1, 0.15) is 20.8 Å². The van der Waals surface area contributed by atoms with Crippen molar-refractivity contribution in [3.8, 4) is 0 Å². The van der Waals surface area contributed by atoms with Crippen LogP contribution >= 0.6 is 27.3 Å². The van der Waals surface area contributed by atoms with Crippen molar-refractivity contribution in [2.24, 2.45) is 0 Å². The number of anilines is 1. The molecule has 0 saturated carbocycles. The Morgan fingerprint density at radius 1 is 1.35 bits per heavy atom. The number of nitrogens with one attached hydrogen (secondary N) is 1. The van der Waals surface area contributed by atoms with Gasteiger partial charge in [0.2, 0.25) is 0 Å². The second kappa shape index (κ2) is 4.98. The molecule has 1 amide bonds. The van der Waals surface area contributed by atoms with E-state index in [1.165, 1.54) is 11.3 Å². The third-order valence-corrected chi connectivity index (χ3v) is 3.43. The number of rotatable bonds is 2. The Hall–Kier alpha value is -1.20. The maximum Gasteiger partial charge on any atom is 0.257 e. The number of carbonyl (C=O) groups excluding carboxylic acids is 1. The summed E-state index contributed by atoms with van der Waals surface area (Å²) in [6, 6.07) is 5.60. The van der Waals surface area contributed by atoms with E-state index in [2.05, 4.69) is 26.2 Å². The van der Waals surface area contributed by atoms with Crippen molar-refractivity contribution in [1.29, 1.82) is 0 Å². The number of nitrogens with zero attached hydrogens (tertiary/aromatic N) is 1. The fourth-order valence-corrected chi connectivity index (χ4v) is 2.72. The highest BCUT2D eigenvalue weighted by atomic mass is 79.9. The number of thiazole rings is 1. The maximum atomic E-state index is 12.0. The quantitative estimate of drug-likeness (QED) is 0.917. The molecule has 0 bridgehead atoms. The predicted octanol–water partition coefficient (Wildman–Crippen LogP) is 3.77. The summed E-state index contributed by atoms with van der Waals surface area (Å²) in [5, 5.41) is 3.41. The largest absolute Gasteiger partial charge is 0.298 e. The number of aromatic nitrogens is 1. The number of carbonyl (C=O) groups is 1. The van der Waals surface area contributed by atoms with Gasteiger partial charge in [-0.15, -0.1) is 11.3 Å². The summed E-state index contributed by atoms with van der Waals surface area (Å²) in [6.45, 7) is 3.91. The van der Waals surface area contributed by atoms with E-state index in [0.717, 1.165) is 14.9 Å². The molecule has 0 aliphatic heterocycles. The Bertz CT molecular complexity index is 545. The monoisotopic (exact) mass is 310 g/mol. The number of hydrogen-bond acceptors (Lipinski definition) is 3. The van der Waals surface area contributed by atoms with Crippen LogP contribution in [0.3, 0.4) is 0 Å². The summed E-state index contributed by atoms with van der Waals surface area (Å²) in [4.78, 5) is 17.1. The van der Waals surface area contributed by atoms with Crippen LogP contribution in [0.25, 0.3) is 0 Å². The Morgan fingerprint density at radius 3 is 2.71 bits per heavy atom. The third kappa shape index (κ3) is 3.14. The van der Waals surface area contributed by atoms with E-state index in [4.69, 9.17) is 0 Å². The summed E-state index contributed by atoms with van der Waals surface area (Å²) in [7, 11) is 0. The van der Waals surface area contributed by atoms with Crippen molar-refractivity contribution in [3.63, 3.8) is 0 Å². The molecule has 1 aromatic heterocycles. The Morgan fingerprint density at radius 2 is 2.12 bits per heavy atom. The molecule has 88 valence electrons. The van der Waals surface area contributed by atoms with E-state index in [1.807, 2.05) is 26.0 Å². The van der Waals surface area contributed by atoms with E-state index in [1.54, 1.807) is 12.3 Å². The van der Waals surface area contributed by atoms with Crippen LogP contribution in [-0.4, -0.2) is 10.9 Å². The van der Waals surface area contributed by atoms with Crippen molar-refractivity contribution in [1.82, 2.24) is 4.98 Å². The Kier molecular flexibility index (Phi) is 3.59. The lowest BCUT2D eigenvalue weighted by atomic mass is 10.1. The highest BCUT2D eigenvalue weighted by Crippen LogP contribution is 2.19. The van der Waals surface area contributed by atoms with Crippen LogP contribution in [0.15, 0.2) is 28.9 Å². The number of amides is 1. The molecule has 1 N–H and O–H groups in total. The Balaban J connectivity index is 2.19. The molecule has 0 aliphatic carbocycles. The molecule has 5 heteroatoms. The normalized spacial score (nSPS) is 10.3. The first kappa shape index (κ1) is 12.3. The molecule has 0 spiro atoms. The van der Waals surface area contributed by atoms with Gasteiger partial charge in [0.25, 0.3) is 5.91 Å². The number of hydrogen-bond donors (Lipinski definition) is 1. The minimum atomic E-state index is -0.135. The zero-order valence-corrected chi connectivity index (χ0v) is 11.9. The van der Waals surface area contributed by atoms with Gasteiger partial charge in [0.15, 0.2) is 5.13 Å². The lowest BCUT2D eigenvalue weighted by Gasteiger charge is -2.03. The predicted molar refractivity (Wildman–Crippen MR) is 73.7 cm³/mol. The summed E-state index contributed by atoms with van der Waals surface area (Å²) in [6.07, 6.45) is 1.74. The smallest absolute Gasteiger partial charge is 0.257 e. The van der Waals surface area contributed by atoms with Gasteiger partial charge in [-0.25, -0.2) is 4.98 Å². The van der Waals surface area contributed by atoms with Crippen molar-refractivity contribution < 1.29 is 4.79 Å². The topological polar surface area (TPSA) is 42.0 Å². The molecule has 0 aliphatic rings.